The molecule has 1 amide bonds. The molecule has 10 heteroatoms. The van der Waals surface area contributed by atoms with Gasteiger partial charge in [0.05, 0.1) is 12.1 Å². The maximum atomic E-state index is 13.2. The van der Waals surface area contributed by atoms with E-state index in [1.165, 1.54) is 21.2 Å². The number of carbonyl (C=O) groups excluding carboxylic acids is 2. The van der Waals surface area contributed by atoms with E-state index in [1.807, 2.05) is 50.4 Å². The molecule has 0 fully saturated rings. The average Bonchev–Trinajstić information content (AvgIpc) is 2.84. The van der Waals surface area contributed by atoms with Gasteiger partial charge in [-0.05, 0) is 29.9 Å². The second-order valence-electron chi connectivity index (χ2n) is 8.24. The number of amides is 1. The largest absolute Gasteiger partial charge is 0.452 e. The summed E-state index contributed by atoms with van der Waals surface area (Å²) in [6.07, 6.45) is 1.83. The number of nitrogens with one attached hydrogen (secondary N) is 1. The number of hydrogen-bond donors (Lipinski definition) is 2. The van der Waals surface area contributed by atoms with Crippen molar-refractivity contribution in [2.24, 2.45) is 5.92 Å². The van der Waals surface area contributed by atoms with E-state index in [0.717, 1.165) is 10.5 Å². The highest BCUT2D eigenvalue weighted by atomic mass is 32.2. The van der Waals surface area contributed by atoms with Gasteiger partial charge >= 0.3 is 11.7 Å². The van der Waals surface area contributed by atoms with Crippen molar-refractivity contribution in [2.75, 3.05) is 30.0 Å². The van der Waals surface area contributed by atoms with Crippen molar-refractivity contribution in [3.05, 3.63) is 86.6 Å². The highest BCUT2D eigenvalue weighted by molar-refractivity contribution is 7.98. The minimum Gasteiger partial charge on any atom is -0.452 e. The molecule has 3 N–H and O–H groups in total. The number of anilines is 2. The van der Waals surface area contributed by atoms with Crippen LogP contribution in [0.1, 0.15) is 29.8 Å². The molecular formula is C25H28N4O5S. The molecule has 184 valence electrons. The van der Waals surface area contributed by atoms with Gasteiger partial charge in [0.2, 0.25) is 0 Å². The number of H-pyrrole nitrogens is 1. The average molecular weight is 497 g/mol. The summed E-state index contributed by atoms with van der Waals surface area (Å²) >= 11 is 1.39. The highest BCUT2D eigenvalue weighted by Gasteiger charge is 2.26. The first-order valence-electron chi connectivity index (χ1n) is 11.0. The monoisotopic (exact) mass is 496 g/mol. The molecule has 3 aromatic rings. The van der Waals surface area contributed by atoms with Gasteiger partial charge in [0.25, 0.3) is 11.5 Å². The van der Waals surface area contributed by atoms with Gasteiger partial charge in [-0.2, -0.15) is 0 Å². The van der Waals surface area contributed by atoms with Crippen molar-refractivity contribution < 1.29 is 14.3 Å². The molecule has 0 saturated carbocycles. The number of benzene rings is 2. The molecule has 35 heavy (non-hydrogen) atoms. The van der Waals surface area contributed by atoms with Crippen LogP contribution in [-0.2, 0) is 16.1 Å². The first-order valence-corrected chi connectivity index (χ1v) is 12.2. The Labute approximate surface area is 206 Å². The minimum absolute atomic E-state index is 0.0415. The summed E-state index contributed by atoms with van der Waals surface area (Å²) in [6.45, 7) is 3.38. The lowest BCUT2D eigenvalue weighted by molar-refractivity contribution is -0.121. The summed E-state index contributed by atoms with van der Waals surface area (Å²) in [7, 11) is 0. The Balaban J connectivity index is 1.92. The molecule has 0 saturated heterocycles. The van der Waals surface area contributed by atoms with E-state index in [9.17, 15) is 19.2 Å². The minimum atomic E-state index is -0.787. The Morgan fingerprint density at radius 3 is 2.40 bits per heavy atom. The van der Waals surface area contributed by atoms with Crippen LogP contribution in [-0.4, -0.2) is 40.8 Å². The number of nitrogen functional groups attached to an aromatic ring is 1. The van der Waals surface area contributed by atoms with Crippen molar-refractivity contribution in [1.82, 2.24) is 9.55 Å². The smallest absolute Gasteiger partial charge is 0.339 e. The van der Waals surface area contributed by atoms with Crippen LogP contribution in [0.15, 0.2) is 69.1 Å². The first-order chi connectivity index (χ1) is 16.7. The number of hydrogen-bond acceptors (Lipinski definition) is 7. The Hall–Kier alpha value is -3.79. The maximum absolute atomic E-state index is 13.2. The van der Waals surface area contributed by atoms with E-state index in [4.69, 9.17) is 10.5 Å². The van der Waals surface area contributed by atoms with Crippen LogP contribution < -0.4 is 21.9 Å². The highest BCUT2D eigenvalue weighted by Crippen LogP contribution is 2.22. The van der Waals surface area contributed by atoms with Gasteiger partial charge in [-0.15, -0.1) is 11.8 Å². The fourth-order valence-electron chi connectivity index (χ4n) is 3.54. The van der Waals surface area contributed by atoms with Crippen LogP contribution in [0.2, 0.25) is 0 Å². The molecule has 0 radical (unpaired) electrons. The topological polar surface area (TPSA) is 127 Å². The molecular weight excluding hydrogens is 468 g/mol. The number of rotatable bonds is 9. The zero-order valence-electron chi connectivity index (χ0n) is 19.8. The maximum Gasteiger partial charge on any atom is 0.339 e. The molecule has 0 aliphatic carbocycles. The Bertz CT molecular complexity index is 1320. The SMILES string of the molecule is CSc1ccccc1C(=O)OCC(=O)N(CC(C)C)c1c(N)n(Cc2ccccc2)c(=O)[nH]c1=O. The summed E-state index contributed by atoms with van der Waals surface area (Å²) in [5.74, 6) is -1.46. The Morgan fingerprint density at radius 2 is 1.74 bits per heavy atom. The number of esters is 1. The standard InChI is InChI=1S/C25H28N4O5S/c1-16(2)13-28(20(30)15-34-24(32)18-11-7-8-12-19(18)35-3)21-22(26)29(25(33)27-23(21)31)14-17-9-5-4-6-10-17/h4-12,16H,13-15,26H2,1-3H3,(H,27,31,33). The van der Waals surface area contributed by atoms with Crippen molar-refractivity contribution in [1.29, 1.82) is 0 Å². The fraction of sp³-hybridized carbons (Fsp3) is 0.280. The number of carbonyl (C=O) groups is 2. The van der Waals surface area contributed by atoms with Gasteiger partial charge < -0.3 is 15.4 Å². The summed E-state index contributed by atoms with van der Waals surface area (Å²) in [6, 6.07) is 16.0. The van der Waals surface area contributed by atoms with Gasteiger partial charge in [-0.3, -0.25) is 19.1 Å². The molecule has 0 spiro atoms. The predicted octanol–water partition coefficient (Wildman–Crippen LogP) is 2.74. The first kappa shape index (κ1) is 25.8. The van der Waals surface area contributed by atoms with Crippen LogP contribution in [0, 0.1) is 5.92 Å². The molecule has 1 heterocycles. The van der Waals surface area contributed by atoms with Gasteiger partial charge in [-0.1, -0.05) is 56.3 Å². The van der Waals surface area contributed by atoms with Crippen LogP contribution in [0.3, 0.4) is 0 Å². The Morgan fingerprint density at radius 1 is 1.09 bits per heavy atom. The van der Waals surface area contributed by atoms with Gasteiger partial charge in [0.15, 0.2) is 12.3 Å². The van der Waals surface area contributed by atoms with Crippen molar-refractivity contribution in [3.8, 4) is 0 Å². The molecule has 1 aromatic heterocycles. The van der Waals surface area contributed by atoms with Gasteiger partial charge in [0.1, 0.15) is 5.82 Å². The predicted molar refractivity (Wildman–Crippen MR) is 137 cm³/mol. The lowest BCUT2D eigenvalue weighted by Gasteiger charge is -2.26. The van der Waals surface area contributed by atoms with Crippen molar-refractivity contribution in [3.63, 3.8) is 0 Å². The fourth-order valence-corrected chi connectivity index (χ4v) is 4.13. The second kappa shape index (κ2) is 11.6. The lowest BCUT2D eigenvalue weighted by atomic mass is 10.2. The zero-order chi connectivity index (χ0) is 25.5. The summed E-state index contributed by atoms with van der Waals surface area (Å²) in [4.78, 5) is 55.2. The molecule has 0 atom stereocenters. The molecule has 2 aromatic carbocycles. The van der Waals surface area contributed by atoms with E-state index in [2.05, 4.69) is 4.98 Å². The molecule has 3 rings (SSSR count). The summed E-state index contributed by atoms with van der Waals surface area (Å²) in [5.41, 5.74) is 5.79. The third kappa shape index (κ3) is 6.21. The molecule has 0 aliphatic rings. The lowest BCUT2D eigenvalue weighted by Crippen LogP contribution is -2.44. The van der Waals surface area contributed by atoms with Gasteiger partial charge in [0, 0.05) is 11.4 Å². The molecule has 0 aliphatic heterocycles. The summed E-state index contributed by atoms with van der Waals surface area (Å²) < 4.78 is 6.48. The van der Waals surface area contributed by atoms with E-state index in [1.54, 1.807) is 24.3 Å². The third-order valence-corrected chi connectivity index (χ3v) is 5.97. The molecule has 0 bridgehead atoms. The quantitative estimate of drug-likeness (QED) is 0.344. The van der Waals surface area contributed by atoms with Crippen LogP contribution in [0.25, 0.3) is 0 Å². The van der Waals surface area contributed by atoms with Crippen LogP contribution >= 0.6 is 11.8 Å². The summed E-state index contributed by atoms with van der Waals surface area (Å²) in [5, 5.41) is 0. The third-order valence-electron chi connectivity index (χ3n) is 5.17. The Kier molecular flexibility index (Phi) is 8.53. The molecule has 0 unspecified atom stereocenters. The molecule has 9 nitrogen and oxygen atoms in total. The number of aromatic amines is 1. The zero-order valence-corrected chi connectivity index (χ0v) is 20.6. The van der Waals surface area contributed by atoms with E-state index in [0.29, 0.717) is 5.56 Å². The van der Waals surface area contributed by atoms with Crippen LogP contribution in [0.4, 0.5) is 11.5 Å². The van der Waals surface area contributed by atoms with Crippen LogP contribution in [0.5, 0.6) is 0 Å². The normalized spacial score (nSPS) is 10.9. The van der Waals surface area contributed by atoms with Gasteiger partial charge in [-0.25, -0.2) is 9.59 Å². The number of aromatic nitrogens is 2. The number of nitrogens with two attached hydrogens (primary N) is 1. The second-order valence-corrected chi connectivity index (χ2v) is 9.09. The number of thioether (sulfide) groups is 1. The number of nitrogens with zero attached hydrogens (tertiary/aromatic N) is 2. The van der Waals surface area contributed by atoms with Crippen molar-refractivity contribution in [2.45, 2.75) is 25.3 Å². The van der Waals surface area contributed by atoms with E-state index < -0.39 is 29.7 Å². The van der Waals surface area contributed by atoms with E-state index >= 15 is 0 Å². The van der Waals surface area contributed by atoms with E-state index in [-0.39, 0.29) is 30.5 Å². The number of ether oxygens (including phenoxy) is 1. The van der Waals surface area contributed by atoms with Crippen molar-refractivity contribution >= 4 is 35.1 Å².